The third kappa shape index (κ3) is 10.1. The van der Waals surface area contributed by atoms with Gasteiger partial charge in [0.25, 0.3) is 0 Å². The number of phosphoric acid groups is 1. The fraction of sp³-hybridized carbons (Fsp3) is 0.282. The molecule has 5 atom stereocenters. The smallest absolute Gasteiger partial charge is 0.449 e. The van der Waals surface area contributed by atoms with Crippen molar-refractivity contribution in [2.24, 2.45) is 0 Å². The maximum Gasteiger partial charge on any atom is 0.588 e. The van der Waals surface area contributed by atoms with Crippen LogP contribution < -0.4 is 9.05 Å². The number of nitrogens with zero attached hydrogens (tertiary/aromatic N) is 3. The van der Waals surface area contributed by atoms with Crippen molar-refractivity contribution in [2.45, 2.75) is 63.6 Å². The molecule has 0 spiro atoms. The number of benzene rings is 4. The van der Waals surface area contributed by atoms with Crippen molar-refractivity contribution in [1.82, 2.24) is 15.0 Å². The van der Waals surface area contributed by atoms with E-state index in [4.69, 9.17) is 37.3 Å². The fourth-order valence-electron chi connectivity index (χ4n) is 5.50. The minimum Gasteiger partial charge on any atom is -0.449 e. The van der Waals surface area contributed by atoms with Gasteiger partial charge in [-0.05, 0) is 57.2 Å². The molecule has 0 bridgehead atoms. The van der Waals surface area contributed by atoms with Gasteiger partial charge < -0.3 is 32.7 Å². The summed E-state index contributed by atoms with van der Waals surface area (Å²) in [6.07, 6.45) is -6.58. The molecule has 5 aromatic rings. The van der Waals surface area contributed by atoms with Gasteiger partial charge >= 0.3 is 19.9 Å². The minimum atomic E-state index is -4.72. The zero-order chi connectivity index (χ0) is 38.1. The van der Waals surface area contributed by atoms with Crippen LogP contribution in [-0.4, -0.2) is 70.5 Å². The fourth-order valence-corrected chi connectivity index (χ4v) is 6.93. The van der Waals surface area contributed by atoms with Gasteiger partial charge in [0.05, 0.1) is 18.3 Å². The maximum absolute atomic E-state index is 14.9. The van der Waals surface area contributed by atoms with Gasteiger partial charge in [0, 0.05) is 12.7 Å². The highest BCUT2D eigenvalue weighted by Crippen LogP contribution is 2.52. The van der Waals surface area contributed by atoms with E-state index in [1.807, 2.05) is 30.3 Å². The van der Waals surface area contributed by atoms with Crippen LogP contribution >= 0.6 is 7.82 Å². The van der Waals surface area contributed by atoms with Crippen molar-refractivity contribution in [2.75, 3.05) is 7.11 Å². The SMILES string of the molecule is CO[C@H]1O[C@H](Cn2cc(-c3ccccc3)nn2)[C@@H](OP(=O)(Oc2ccccc2)Oc2ccccc2)[C@H](OC(=O)OC(C)(C)C)[C@H]1OC(=O)c1ccccc1. The largest absolute Gasteiger partial charge is 0.588 e. The average molecular weight is 758 g/mol. The van der Waals surface area contributed by atoms with Gasteiger partial charge in [-0.3, -0.25) is 4.52 Å². The highest BCUT2D eigenvalue weighted by molar-refractivity contribution is 7.49. The molecule has 15 heteroatoms. The molecule has 0 radical (unpaired) electrons. The first kappa shape index (κ1) is 38.2. The predicted molar refractivity (Wildman–Crippen MR) is 194 cm³/mol. The third-order valence-electron chi connectivity index (χ3n) is 7.84. The van der Waals surface area contributed by atoms with Crippen molar-refractivity contribution in [3.63, 3.8) is 0 Å². The number of esters is 1. The van der Waals surface area contributed by atoms with Crippen LogP contribution in [0.5, 0.6) is 11.5 Å². The van der Waals surface area contributed by atoms with Gasteiger partial charge in [-0.25, -0.2) is 18.8 Å². The molecule has 0 saturated carbocycles. The van der Waals surface area contributed by atoms with Gasteiger partial charge in [0.1, 0.15) is 35.0 Å². The Morgan fingerprint density at radius 3 is 1.87 bits per heavy atom. The van der Waals surface area contributed by atoms with Crippen molar-refractivity contribution >= 4 is 19.9 Å². The molecular formula is C39H40N3O11P. The number of phosphoric ester groups is 1. The predicted octanol–water partition coefficient (Wildman–Crippen LogP) is 7.51. The zero-order valence-electron chi connectivity index (χ0n) is 30.0. The Morgan fingerprint density at radius 1 is 0.759 bits per heavy atom. The van der Waals surface area contributed by atoms with E-state index in [1.54, 1.807) is 118 Å². The molecule has 14 nitrogen and oxygen atoms in total. The van der Waals surface area contributed by atoms with E-state index in [1.165, 1.54) is 11.8 Å². The molecule has 0 amide bonds. The van der Waals surface area contributed by atoms with Gasteiger partial charge in [-0.1, -0.05) is 90.1 Å². The maximum atomic E-state index is 14.9. The lowest BCUT2D eigenvalue weighted by molar-refractivity contribution is -0.290. The lowest BCUT2D eigenvalue weighted by Gasteiger charge is -2.44. The Morgan fingerprint density at radius 2 is 1.31 bits per heavy atom. The lowest BCUT2D eigenvalue weighted by atomic mass is 9.98. The topological polar surface area (TPSA) is 156 Å². The first-order valence-electron chi connectivity index (χ1n) is 17.1. The van der Waals surface area contributed by atoms with E-state index in [-0.39, 0.29) is 23.6 Å². The Labute approximate surface area is 312 Å². The second kappa shape index (κ2) is 17.1. The summed E-state index contributed by atoms with van der Waals surface area (Å²) in [7, 11) is -3.39. The second-order valence-corrected chi connectivity index (χ2v) is 14.5. The standard InChI is InChI=1S/C39H40N3O11P/c1-39(2,3)50-38(44)49-34-33(53-54(45,51-29-21-13-7-14-22-29)52-30-23-15-8-16-24-30)32(26-42-25-31(40-41-42)27-17-9-5-10-18-27)47-37(46-4)35(34)48-36(43)28-19-11-6-12-20-28/h5-25,32-35,37H,26H2,1-4H3/t32-,33-,34+,35-,37+/m1/s1. The molecule has 54 heavy (non-hydrogen) atoms. The first-order valence-corrected chi connectivity index (χ1v) is 18.5. The molecule has 0 N–H and O–H groups in total. The summed E-state index contributed by atoms with van der Waals surface area (Å²) >= 11 is 0. The lowest BCUT2D eigenvalue weighted by Crippen LogP contribution is -2.62. The highest BCUT2D eigenvalue weighted by atomic mass is 31.2. The van der Waals surface area contributed by atoms with Gasteiger partial charge in [0.15, 0.2) is 18.5 Å². The number of hydrogen-bond acceptors (Lipinski definition) is 13. The van der Waals surface area contributed by atoms with E-state index in [0.29, 0.717) is 5.69 Å². The molecule has 6 rings (SSSR count). The van der Waals surface area contributed by atoms with Crippen LogP contribution in [0.2, 0.25) is 0 Å². The summed E-state index contributed by atoms with van der Waals surface area (Å²) in [5.41, 5.74) is 0.594. The van der Waals surface area contributed by atoms with Crippen LogP contribution in [0.15, 0.2) is 128 Å². The molecule has 1 aliphatic heterocycles. The number of methoxy groups -OCH3 is 1. The highest BCUT2D eigenvalue weighted by Gasteiger charge is 2.55. The molecule has 1 fully saturated rings. The molecular weight excluding hydrogens is 717 g/mol. The van der Waals surface area contributed by atoms with Crippen molar-refractivity contribution in [1.29, 1.82) is 0 Å². The van der Waals surface area contributed by atoms with E-state index < -0.39 is 56.3 Å². The summed E-state index contributed by atoms with van der Waals surface area (Å²) in [5, 5.41) is 8.59. The van der Waals surface area contributed by atoms with Gasteiger partial charge in [-0.15, -0.1) is 5.10 Å². The third-order valence-corrected chi connectivity index (χ3v) is 9.22. The number of aromatic nitrogens is 3. The first-order chi connectivity index (χ1) is 26.0. The zero-order valence-corrected chi connectivity index (χ0v) is 30.9. The molecule has 1 aliphatic rings. The summed E-state index contributed by atoms with van der Waals surface area (Å²) in [5.74, 6) is -0.477. The number of carbonyl (C=O) groups excluding carboxylic acids is 2. The Hall–Kier alpha value is -5.53. The number of rotatable bonds is 13. The molecule has 1 aromatic heterocycles. The summed E-state index contributed by atoms with van der Waals surface area (Å²) in [6, 6.07) is 34.1. The van der Waals surface area contributed by atoms with E-state index in [9.17, 15) is 14.2 Å². The van der Waals surface area contributed by atoms with Gasteiger partial charge in [-0.2, -0.15) is 0 Å². The molecule has 2 heterocycles. The van der Waals surface area contributed by atoms with Crippen LogP contribution in [0, 0.1) is 0 Å². The van der Waals surface area contributed by atoms with E-state index in [2.05, 4.69) is 10.3 Å². The number of para-hydroxylation sites is 2. The van der Waals surface area contributed by atoms with Crippen LogP contribution in [0.3, 0.4) is 0 Å². The number of hydrogen-bond donors (Lipinski definition) is 0. The average Bonchev–Trinajstić information content (AvgIpc) is 3.63. The van der Waals surface area contributed by atoms with E-state index >= 15 is 0 Å². The second-order valence-electron chi connectivity index (χ2n) is 13.1. The van der Waals surface area contributed by atoms with Crippen molar-refractivity contribution in [3.05, 3.63) is 133 Å². The Balaban J connectivity index is 1.43. The molecule has 1 saturated heterocycles. The molecule has 0 aliphatic carbocycles. The number of carbonyl (C=O) groups is 2. The van der Waals surface area contributed by atoms with Crippen LogP contribution in [-0.2, 0) is 39.3 Å². The quantitative estimate of drug-likeness (QED) is 0.0860. The summed E-state index contributed by atoms with van der Waals surface area (Å²) in [4.78, 5) is 27.0. The van der Waals surface area contributed by atoms with Crippen LogP contribution in [0.1, 0.15) is 31.1 Å². The summed E-state index contributed by atoms with van der Waals surface area (Å²) in [6.45, 7) is 4.87. The monoisotopic (exact) mass is 757 g/mol. The normalized spacial score (nSPS) is 20.0. The number of ether oxygens (including phenoxy) is 5. The molecule has 4 aromatic carbocycles. The molecule has 282 valence electrons. The Kier molecular flexibility index (Phi) is 12.1. The van der Waals surface area contributed by atoms with Crippen LogP contribution in [0.25, 0.3) is 11.3 Å². The molecule has 0 unspecified atom stereocenters. The van der Waals surface area contributed by atoms with Crippen molar-refractivity contribution < 1.29 is 51.4 Å². The minimum absolute atomic E-state index is 0.103. The van der Waals surface area contributed by atoms with E-state index in [0.717, 1.165) is 5.56 Å². The van der Waals surface area contributed by atoms with Gasteiger partial charge in [0.2, 0.25) is 0 Å². The Bertz CT molecular complexity index is 1970. The van der Waals surface area contributed by atoms with Crippen LogP contribution in [0.4, 0.5) is 4.79 Å². The summed E-state index contributed by atoms with van der Waals surface area (Å²) < 4.78 is 64.2. The van der Waals surface area contributed by atoms with Crippen molar-refractivity contribution in [3.8, 4) is 22.8 Å².